The zero-order valence-corrected chi connectivity index (χ0v) is 13.2. The van der Waals surface area contributed by atoms with Gasteiger partial charge in [-0.05, 0) is 87.2 Å². The van der Waals surface area contributed by atoms with Gasteiger partial charge < -0.3 is 0 Å². The van der Waals surface area contributed by atoms with Gasteiger partial charge in [0.1, 0.15) is 0 Å². The summed E-state index contributed by atoms with van der Waals surface area (Å²) < 4.78 is 0. The number of hydrogen-bond donors (Lipinski definition) is 0. The molecule has 4 rings (SSSR count). The van der Waals surface area contributed by atoms with Crippen LogP contribution >= 0.6 is 0 Å². The first kappa shape index (κ1) is 13.6. The zero-order valence-electron chi connectivity index (χ0n) is 13.2. The Labute approximate surface area is 129 Å². The third kappa shape index (κ3) is 2.70. The minimum atomic E-state index is 0.797. The van der Waals surface area contributed by atoms with Gasteiger partial charge in [-0.15, -0.1) is 0 Å². The average Bonchev–Trinajstić information content (AvgIpc) is 3.13. The molecule has 0 saturated carbocycles. The lowest BCUT2D eigenvalue weighted by atomic mass is 9.83. The van der Waals surface area contributed by atoms with Crippen LogP contribution in [-0.2, 0) is 0 Å². The fraction of sp³-hybridized carbons (Fsp3) is 0.619. The van der Waals surface area contributed by atoms with E-state index in [-0.39, 0.29) is 0 Å². The Kier molecular flexibility index (Phi) is 3.88. The molecule has 21 heavy (non-hydrogen) atoms. The first-order valence-corrected chi connectivity index (χ1v) is 9.22. The normalized spacial score (nSPS) is 31.0. The molecule has 0 N–H and O–H groups in total. The number of rotatable bonds is 4. The van der Waals surface area contributed by atoms with E-state index in [0.717, 1.165) is 11.8 Å². The van der Waals surface area contributed by atoms with E-state index >= 15 is 0 Å². The molecular weight excluding hydrogens is 252 g/mol. The molecule has 0 fully saturated rings. The van der Waals surface area contributed by atoms with Crippen molar-refractivity contribution in [1.29, 1.82) is 0 Å². The fourth-order valence-electron chi connectivity index (χ4n) is 4.93. The van der Waals surface area contributed by atoms with Crippen LogP contribution in [0.5, 0.6) is 0 Å². The Balaban J connectivity index is 1.31. The van der Waals surface area contributed by atoms with Gasteiger partial charge >= 0.3 is 0 Å². The fourth-order valence-corrected chi connectivity index (χ4v) is 4.93. The molecule has 0 saturated heterocycles. The van der Waals surface area contributed by atoms with Crippen molar-refractivity contribution in [2.75, 3.05) is 0 Å². The first-order chi connectivity index (χ1) is 10.4. The Morgan fingerprint density at radius 1 is 0.667 bits per heavy atom. The van der Waals surface area contributed by atoms with Crippen molar-refractivity contribution in [3.63, 3.8) is 0 Å². The van der Waals surface area contributed by atoms with E-state index in [4.69, 9.17) is 0 Å². The van der Waals surface area contributed by atoms with E-state index in [9.17, 15) is 0 Å². The van der Waals surface area contributed by atoms with Gasteiger partial charge in [0.2, 0.25) is 0 Å². The minimum Gasteiger partial charge on any atom is -0.0771 e. The second kappa shape index (κ2) is 5.99. The van der Waals surface area contributed by atoms with E-state index < -0.39 is 0 Å². The van der Waals surface area contributed by atoms with Gasteiger partial charge in [-0.1, -0.05) is 41.9 Å². The lowest BCUT2D eigenvalue weighted by Gasteiger charge is -2.22. The molecule has 2 unspecified atom stereocenters. The molecule has 0 nitrogen and oxygen atoms in total. The largest absolute Gasteiger partial charge is 0.0771 e. The SMILES string of the molecule is C1=CC(CCCC2C=CC3=C2CCCC3)C2=C1CCCC2. The molecule has 0 heteroatoms. The molecule has 0 bridgehead atoms. The van der Waals surface area contributed by atoms with Crippen molar-refractivity contribution in [2.24, 2.45) is 11.8 Å². The third-order valence-corrected chi connectivity index (χ3v) is 6.09. The number of allylic oxidation sites excluding steroid dienone is 8. The highest BCUT2D eigenvalue weighted by atomic mass is 14.3. The summed E-state index contributed by atoms with van der Waals surface area (Å²) in [5.74, 6) is 1.59. The predicted octanol–water partition coefficient (Wildman–Crippen LogP) is 6.27. The molecule has 2 atom stereocenters. The maximum absolute atomic E-state index is 2.51. The summed E-state index contributed by atoms with van der Waals surface area (Å²) in [5.41, 5.74) is 7.01. The number of hydrogen-bond acceptors (Lipinski definition) is 0. The van der Waals surface area contributed by atoms with Crippen LogP contribution in [0.1, 0.15) is 70.6 Å². The van der Waals surface area contributed by atoms with Crippen molar-refractivity contribution in [2.45, 2.75) is 70.6 Å². The average molecular weight is 280 g/mol. The Morgan fingerprint density at radius 2 is 1.14 bits per heavy atom. The summed E-state index contributed by atoms with van der Waals surface area (Å²) in [4.78, 5) is 0. The van der Waals surface area contributed by atoms with Crippen LogP contribution in [0.15, 0.2) is 46.6 Å². The zero-order chi connectivity index (χ0) is 14.1. The van der Waals surface area contributed by atoms with Gasteiger partial charge in [0, 0.05) is 0 Å². The van der Waals surface area contributed by atoms with Crippen molar-refractivity contribution >= 4 is 0 Å². The van der Waals surface area contributed by atoms with Crippen LogP contribution in [0.25, 0.3) is 0 Å². The summed E-state index contributed by atoms with van der Waals surface area (Å²) in [6.07, 6.45) is 25.2. The summed E-state index contributed by atoms with van der Waals surface area (Å²) >= 11 is 0. The molecule has 0 aromatic rings. The van der Waals surface area contributed by atoms with Crippen molar-refractivity contribution < 1.29 is 0 Å². The summed E-state index contributed by atoms with van der Waals surface area (Å²) in [6, 6.07) is 0. The maximum Gasteiger partial charge on any atom is -0.00142 e. The maximum atomic E-state index is 2.51. The van der Waals surface area contributed by atoms with E-state index in [1.54, 1.807) is 22.3 Å². The minimum absolute atomic E-state index is 0.797. The van der Waals surface area contributed by atoms with Gasteiger partial charge in [0.05, 0.1) is 0 Å². The van der Waals surface area contributed by atoms with Crippen molar-refractivity contribution in [1.82, 2.24) is 0 Å². The molecule has 4 aliphatic rings. The topological polar surface area (TPSA) is 0 Å². The molecule has 0 aromatic carbocycles. The Morgan fingerprint density at radius 3 is 1.67 bits per heavy atom. The van der Waals surface area contributed by atoms with E-state index in [0.29, 0.717) is 0 Å². The predicted molar refractivity (Wildman–Crippen MR) is 90.1 cm³/mol. The van der Waals surface area contributed by atoms with Gasteiger partial charge in [0.15, 0.2) is 0 Å². The molecule has 0 aliphatic heterocycles. The molecule has 4 aliphatic carbocycles. The quantitative estimate of drug-likeness (QED) is 0.569. The lowest BCUT2D eigenvalue weighted by molar-refractivity contribution is 0.519. The monoisotopic (exact) mass is 280 g/mol. The molecule has 0 aromatic heterocycles. The molecule has 0 amide bonds. The first-order valence-electron chi connectivity index (χ1n) is 9.22. The molecule has 0 heterocycles. The van der Waals surface area contributed by atoms with Crippen LogP contribution in [-0.4, -0.2) is 0 Å². The third-order valence-electron chi connectivity index (χ3n) is 6.09. The highest BCUT2D eigenvalue weighted by molar-refractivity contribution is 5.39. The molecule has 0 radical (unpaired) electrons. The van der Waals surface area contributed by atoms with Gasteiger partial charge in [0.25, 0.3) is 0 Å². The summed E-state index contributed by atoms with van der Waals surface area (Å²) in [6.45, 7) is 0. The second-order valence-corrected chi connectivity index (χ2v) is 7.38. The van der Waals surface area contributed by atoms with Crippen LogP contribution < -0.4 is 0 Å². The molecule has 0 spiro atoms. The summed E-state index contributed by atoms with van der Waals surface area (Å²) in [5, 5.41) is 0. The lowest BCUT2D eigenvalue weighted by Crippen LogP contribution is -2.06. The van der Waals surface area contributed by atoms with E-state index in [1.807, 2.05) is 0 Å². The van der Waals surface area contributed by atoms with Gasteiger partial charge in [-0.2, -0.15) is 0 Å². The second-order valence-electron chi connectivity index (χ2n) is 7.38. The highest BCUT2D eigenvalue weighted by Crippen LogP contribution is 2.41. The van der Waals surface area contributed by atoms with Crippen LogP contribution in [0.4, 0.5) is 0 Å². The standard InChI is InChI=1S/C21H28/c1-3-10-20-16(6-1)12-14-18(20)8-5-9-19-15-13-17-7-2-4-11-21(17)19/h12-15,18-19H,1-11H2. The Hall–Kier alpha value is -1.04. The van der Waals surface area contributed by atoms with Crippen LogP contribution in [0, 0.1) is 11.8 Å². The Bertz CT molecular complexity index is 478. The summed E-state index contributed by atoms with van der Waals surface area (Å²) in [7, 11) is 0. The van der Waals surface area contributed by atoms with Crippen LogP contribution in [0.2, 0.25) is 0 Å². The van der Waals surface area contributed by atoms with Crippen molar-refractivity contribution in [3.8, 4) is 0 Å². The van der Waals surface area contributed by atoms with E-state index in [1.165, 1.54) is 70.6 Å². The van der Waals surface area contributed by atoms with Crippen molar-refractivity contribution in [3.05, 3.63) is 46.6 Å². The molecular formula is C21H28. The van der Waals surface area contributed by atoms with Crippen LogP contribution in [0.3, 0.4) is 0 Å². The van der Waals surface area contributed by atoms with Gasteiger partial charge in [-0.25, -0.2) is 0 Å². The van der Waals surface area contributed by atoms with Gasteiger partial charge in [-0.3, -0.25) is 0 Å². The van der Waals surface area contributed by atoms with E-state index in [2.05, 4.69) is 24.3 Å². The highest BCUT2D eigenvalue weighted by Gasteiger charge is 2.25. The smallest absolute Gasteiger partial charge is 0.00142 e. The molecule has 112 valence electrons.